The number of hydrogen-bond acceptors (Lipinski definition) is 4. The fraction of sp³-hybridized carbons (Fsp3) is 0.529. The van der Waals surface area contributed by atoms with E-state index in [1.807, 2.05) is 0 Å². The van der Waals surface area contributed by atoms with Crippen LogP contribution in [-0.4, -0.2) is 32.5 Å². The fourth-order valence-electron chi connectivity index (χ4n) is 3.23. The van der Waals surface area contributed by atoms with Crippen LogP contribution < -0.4 is 5.32 Å². The van der Waals surface area contributed by atoms with E-state index in [-0.39, 0.29) is 0 Å². The smallest absolute Gasteiger partial charge is 0.138 e. The Labute approximate surface area is 131 Å². The van der Waals surface area contributed by atoms with Crippen LogP contribution in [0.1, 0.15) is 36.8 Å². The summed E-state index contributed by atoms with van der Waals surface area (Å²) in [6.45, 7) is 3.34. The third-order valence-corrected chi connectivity index (χ3v) is 4.63. The minimum Gasteiger partial charge on any atom is -0.396 e. The van der Waals surface area contributed by atoms with Gasteiger partial charge >= 0.3 is 0 Å². The number of aromatic nitrogens is 3. The van der Waals surface area contributed by atoms with Crippen LogP contribution in [0.4, 0.5) is 0 Å². The van der Waals surface area contributed by atoms with E-state index in [2.05, 4.69) is 40.5 Å². The Morgan fingerprint density at radius 3 is 2.73 bits per heavy atom. The molecule has 1 aromatic heterocycles. The molecule has 1 fully saturated rings. The Kier molecular flexibility index (Phi) is 4.85. The molecule has 0 bridgehead atoms. The van der Waals surface area contributed by atoms with Crippen LogP contribution in [0.3, 0.4) is 0 Å². The summed E-state index contributed by atoms with van der Waals surface area (Å²) < 4.78 is 1.79. The van der Waals surface area contributed by atoms with E-state index < -0.39 is 0 Å². The van der Waals surface area contributed by atoms with Crippen LogP contribution >= 0.6 is 0 Å². The van der Waals surface area contributed by atoms with Gasteiger partial charge < -0.3 is 10.4 Å². The maximum atomic E-state index is 9.19. The second-order valence-corrected chi connectivity index (χ2v) is 6.24. The van der Waals surface area contributed by atoms with Gasteiger partial charge in [0.05, 0.1) is 5.69 Å². The molecule has 2 aromatic rings. The number of nitrogens with zero attached hydrogens (tertiary/aromatic N) is 3. The van der Waals surface area contributed by atoms with Gasteiger partial charge in [0.2, 0.25) is 0 Å². The molecule has 2 N–H and O–H groups in total. The summed E-state index contributed by atoms with van der Waals surface area (Å²) in [5.74, 6) is 0.516. The van der Waals surface area contributed by atoms with Gasteiger partial charge in [-0.15, -0.1) is 0 Å². The summed E-state index contributed by atoms with van der Waals surface area (Å²) in [4.78, 5) is 3.99. The number of hydrogen-bond donors (Lipinski definition) is 2. The molecule has 1 aliphatic rings. The van der Waals surface area contributed by atoms with E-state index in [1.165, 1.54) is 24.0 Å². The number of rotatable bonds is 5. The topological polar surface area (TPSA) is 63.0 Å². The highest BCUT2D eigenvalue weighted by atomic mass is 16.3. The van der Waals surface area contributed by atoms with Crippen molar-refractivity contribution in [3.8, 4) is 5.69 Å². The molecule has 1 saturated carbocycles. The second-order valence-electron chi connectivity index (χ2n) is 6.24. The quantitative estimate of drug-likeness (QED) is 0.889. The van der Waals surface area contributed by atoms with Gasteiger partial charge in [-0.25, -0.2) is 9.67 Å². The van der Waals surface area contributed by atoms with Crippen molar-refractivity contribution in [1.82, 2.24) is 20.1 Å². The van der Waals surface area contributed by atoms with Gasteiger partial charge in [0.15, 0.2) is 0 Å². The normalized spacial score (nSPS) is 21.9. The zero-order chi connectivity index (χ0) is 15.4. The van der Waals surface area contributed by atoms with Gasteiger partial charge in [-0.2, -0.15) is 5.10 Å². The van der Waals surface area contributed by atoms with E-state index in [0.29, 0.717) is 18.6 Å². The summed E-state index contributed by atoms with van der Waals surface area (Å²) in [5, 5.41) is 17.0. The Morgan fingerprint density at radius 2 is 2.09 bits per heavy atom. The van der Waals surface area contributed by atoms with Crippen molar-refractivity contribution in [3.05, 3.63) is 42.0 Å². The summed E-state index contributed by atoms with van der Waals surface area (Å²) in [7, 11) is 0. The zero-order valence-corrected chi connectivity index (χ0v) is 13.1. The third kappa shape index (κ3) is 3.54. The molecule has 0 atom stereocenters. The molecule has 1 aromatic carbocycles. The van der Waals surface area contributed by atoms with Gasteiger partial charge in [0, 0.05) is 19.2 Å². The zero-order valence-electron chi connectivity index (χ0n) is 13.1. The third-order valence-electron chi connectivity index (χ3n) is 4.63. The average molecular weight is 300 g/mol. The molecule has 3 rings (SSSR count). The van der Waals surface area contributed by atoms with Crippen molar-refractivity contribution in [1.29, 1.82) is 0 Å². The van der Waals surface area contributed by atoms with Gasteiger partial charge in [-0.3, -0.25) is 0 Å². The second kappa shape index (κ2) is 7.03. The maximum Gasteiger partial charge on any atom is 0.138 e. The molecule has 0 spiro atoms. The lowest BCUT2D eigenvalue weighted by Gasteiger charge is -2.28. The van der Waals surface area contributed by atoms with Crippen LogP contribution in [0.15, 0.2) is 30.9 Å². The predicted molar refractivity (Wildman–Crippen MR) is 85.8 cm³/mol. The van der Waals surface area contributed by atoms with Crippen molar-refractivity contribution in [2.75, 3.05) is 6.61 Å². The minimum absolute atomic E-state index is 0.343. The monoisotopic (exact) mass is 300 g/mol. The Hall–Kier alpha value is -1.72. The van der Waals surface area contributed by atoms with Gasteiger partial charge in [0.25, 0.3) is 0 Å². The van der Waals surface area contributed by atoms with Crippen molar-refractivity contribution in [3.63, 3.8) is 0 Å². The molecule has 0 radical (unpaired) electrons. The molecule has 0 saturated heterocycles. The molecule has 1 heterocycles. The maximum absolute atomic E-state index is 9.19. The van der Waals surface area contributed by atoms with E-state index in [9.17, 15) is 5.11 Å². The first-order chi connectivity index (χ1) is 10.8. The predicted octanol–water partition coefficient (Wildman–Crippen LogP) is 2.22. The van der Waals surface area contributed by atoms with Crippen molar-refractivity contribution >= 4 is 0 Å². The van der Waals surface area contributed by atoms with Gasteiger partial charge in [-0.1, -0.05) is 12.1 Å². The number of aryl methyl sites for hydroxylation is 1. The summed E-state index contributed by atoms with van der Waals surface area (Å²) in [5.41, 5.74) is 3.57. The van der Waals surface area contributed by atoms with Crippen molar-refractivity contribution in [2.24, 2.45) is 5.92 Å². The SMILES string of the molecule is Cc1cc(CNC2CCC(CO)CC2)ccc1-n1cncn1. The average Bonchev–Trinajstić information content (AvgIpc) is 3.07. The summed E-state index contributed by atoms with van der Waals surface area (Å²) >= 11 is 0. The first-order valence-electron chi connectivity index (χ1n) is 8.05. The van der Waals surface area contributed by atoms with Crippen molar-refractivity contribution < 1.29 is 5.11 Å². The van der Waals surface area contributed by atoms with Crippen molar-refractivity contribution in [2.45, 2.75) is 45.2 Å². The lowest BCUT2D eigenvalue weighted by molar-refractivity contribution is 0.175. The molecule has 5 heteroatoms. The van der Waals surface area contributed by atoms with E-state index in [0.717, 1.165) is 25.1 Å². The Morgan fingerprint density at radius 1 is 1.27 bits per heavy atom. The lowest BCUT2D eigenvalue weighted by atomic mass is 9.86. The first kappa shape index (κ1) is 15.2. The Balaban J connectivity index is 1.56. The van der Waals surface area contributed by atoms with Crippen LogP contribution in [-0.2, 0) is 6.54 Å². The van der Waals surface area contributed by atoms with Crippen LogP contribution in [0.5, 0.6) is 0 Å². The highest BCUT2D eigenvalue weighted by molar-refractivity contribution is 5.41. The first-order valence-corrected chi connectivity index (χ1v) is 8.05. The standard InChI is InChI=1S/C17H24N4O/c1-13-8-15(4-7-17(13)21-12-18-11-20-21)9-19-16-5-2-14(10-22)3-6-16/h4,7-8,11-12,14,16,19,22H,2-3,5-6,9-10H2,1H3. The lowest BCUT2D eigenvalue weighted by Crippen LogP contribution is -2.33. The summed E-state index contributed by atoms with van der Waals surface area (Å²) in [6.07, 6.45) is 7.89. The highest BCUT2D eigenvalue weighted by Crippen LogP contribution is 2.24. The molecule has 118 valence electrons. The molecular weight excluding hydrogens is 276 g/mol. The van der Waals surface area contributed by atoms with Crippen LogP contribution in [0, 0.1) is 12.8 Å². The minimum atomic E-state index is 0.343. The molecule has 22 heavy (non-hydrogen) atoms. The largest absolute Gasteiger partial charge is 0.396 e. The Bertz CT molecular complexity index is 589. The molecular formula is C17H24N4O. The van der Waals surface area contributed by atoms with E-state index >= 15 is 0 Å². The van der Waals surface area contributed by atoms with Crippen LogP contribution in [0.2, 0.25) is 0 Å². The number of nitrogens with one attached hydrogen (secondary N) is 1. The molecule has 1 aliphatic carbocycles. The van der Waals surface area contributed by atoms with Gasteiger partial charge in [0.1, 0.15) is 12.7 Å². The highest BCUT2D eigenvalue weighted by Gasteiger charge is 2.19. The number of benzene rings is 1. The van der Waals surface area contributed by atoms with E-state index in [1.54, 1.807) is 17.3 Å². The molecule has 0 aliphatic heterocycles. The van der Waals surface area contributed by atoms with Gasteiger partial charge in [-0.05, 0) is 55.7 Å². The van der Waals surface area contributed by atoms with Crippen LogP contribution in [0.25, 0.3) is 5.69 Å². The summed E-state index contributed by atoms with van der Waals surface area (Å²) in [6, 6.07) is 7.04. The fourth-order valence-corrected chi connectivity index (χ4v) is 3.23. The molecule has 5 nitrogen and oxygen atoms in total. The molecule has 0 amide bonds. The molecule has 0 unspecified atom stereocenters. The van der Waals surface area contributed by atoms with E-state index in [4.69, 9.17) is 0 Å². The number of aliphatic hydroxyl groups is 1. The number of aliphatic hydroxyl groups excluding tert-OH is 1.